The van der Waals surface area contributed by atoms with Gasteiger partial charge in [0, 0.05) is 39.7 Å². The average Bonchev–Trinajstić information content (AvgIpc) is 2.66. The Balaban J connectivity index is 1.68. The topological polar surface area (TPSA) is 47.0 Å². The Bertz CT molecular complexity index is 1010. The van der Waals surface area contributed by atoms with E-state index in [0.717, 1.165) is 52.1 Å². The highest BCUT2D eigenvalue weighted by Gasteiger charge is 2.24. The molecule has 144 valence electrons. The third kappa shape index (κ3) is 4.08. The third-order valence-corrected chi connectivity index (χ3v) is 5.43. The van der Waals surface area contributed by atoms with Gasteiger partial charge in [0.25, 0.3) is 0 Å². The predicted octanol–water partition coefficient (Wildman–Crippen LogP) is 5.93. The zero-order valence-corrected chi connectivity index (χ0v) is 17.3. The fourth-order valence-corrected chi connectivity index (χ4v) is 3.86. The van der Waals surface area contributed by atoms with Crippen LogP contribution in [0.1, 0.15) is 40.7 Å². The van der Waals surface area contributed by atoms with E-state index in [0.29, 0.717) is 11.6 Å². The van der Waals surface area contributed by atoms with E-state index in [9.17, 15) is 0 Å². The summed E-state index contributed by atoms with van der Waals surface area (Å²) in [6.45, 7) is 4.60. The summed E-state index contributed by atoms with van der Waals surface area (Å²) in [5.41, 5.74) is 4.29. The van der Waals surface area contributed by atoms with Gasteiger partial charge in [-0.15, -0.1) is 0 Å². The first-order valence-corrected chi connectivity index (χ1v) is 10.0. The monoisotopic (exact) mass is 413 g/mol. The second kappa shape index (κ2) is 7.98. The molecule has 0 saturated carbocycles. The molecule has 0 saturated heterocycles. The van der Waals surface area contributed by atoms with Crippen LogP contribution < -0.4 is 10.1 Å². The number of aryl methyl sites for hydroxylation is 2. The molecule has 1 aliphatic heterocycles. The molecule has 1 aromatic heterocycles. The number of benzene rings is 2. The van der Waals surface area contributed by atoms with E-state index in [-0.39, 0.29) is 6.04 Å². The minimum atomic E-state index is 0.0834. The lowest BCUT2D eigenvalue weighted by Gasteiger charge is -2.28. The van der Waals surface area contributed by atoms with Gasteiger partial charge in [-0.25, -0.2) is 9.97 Å². The molecule has 6 heteroatoms. The maximum absolute atomic E-state index is 6.23. The molecule has 1 atom stereocenters. The summed E-state index contributed by atoms with van der Waals surface area (Å²) < 4.78 is 5.79. The summed E-state index contributed by atoms with van der Waals surface area (Å²) >= 11 is 12.3. The normalized spacial score (nSPS) is 15.6. The van der Waals surface area contributed by atoms with E-state index >= 15 is 0 Å². The number of nitrogens with zero attached hydrogens (tertiary/aromatic N) is 2. The van der Waals surface area contributed by atoms with Crippen LogP contribution in [0.3, 0.4) is 0 Å². The summed E-state index contributed by atoms with van der Waals surface area (Å²) in [6, 6.07) is 13.7. The van der Waals surface area contributed by atoms with Crippen molar-refractivity contribution in [1.82, 2.24) is 9.97 Å². The molecular weight excluding hydrogens is 393 g/mol. The predicted molar refractivity (Wildman–Crippen MR) is 114 cm³/mol. The minimum absolute atomic E-state index is 0.0834. The highest BCUT2D eigenvalue weighted by atomic mass is 35.5. The molecule has 0 amide bonds. The van der Waals surface area contributed by atoms with Gasteiger partial charge in [0.1, 0.15) is 17.4 Å². The van der Waals surface area contributed by atoms with Crippen LogP contribution in [0.4, 0.5) is 5.82 Å². The van der Waals surface area contributed by atoms with Crippen molar-refractivity contribution in [3.8, 4) is 5.75 Å². The smallest absolute Gasteiger partial charge is 0.133 e. The van der Waals surface area contributed by atoms with Gasteiger partial charge < -0.3 is 10.1 Å². The van der Waals surface area contributed by atoms with Gasteiger partial charge in [0.15, 0.2) is 0 Å². The number of aromatic nitrogens is 2. The Morgan fingerprint density at radius 1 is 1.04 bits per heavy atom. The quantitative estimate of drug-likeness (QED) is 0.575. The number of nitrogens with one attached hydrogen (secondary N) is 1. The molecule has 0 radical (unpaired) electrons. The van der Waals surface area contributed by atoms with Gasteiger partial charge >= 0.3 is 0 Å². The Morgan fingerprint density at radius 3 is 2.57 bits per heavy atom. The molecule has 1 unspecified atom stereocenters. The molecule has 0 bridgehead atoms. The first-order valence-electron chi connectivity index (χ1n) is 9.27. The maximum atomic E-state index is 6.23. The van der Waals surface area contributed by atoms with Gasteiger partial charge in [-0.1, -0.05) is 35.3 Å². The molecule has 2 heterocycles. The van der Waals surface area contributed by atoms with Gasteiger partial charge in [-0.3, -0.25) is 0 Å². The second-order valence-corrected chi connectivity index (χ2v) is 7.88. The molecule has 0 fully saturated rings. The number of rotatable bonds is 4. The summed E-state index contributed by atoms with van der Waals surface area (Å²) in [5.74, 6) is 2.48. The van der Waals surface area contributed by atoms with Crippen LogP contribution in [0, 0.1) is 13.8 Å². The largest absolute Gasteiger partial charge is 0.493 e. The van der Waals surface area contributed by atoms with Crippen LogP contribution in [0.2, 0.25) is 10.0 Å². The summed E-state index contributed by atoms with van der Waals surface area (Å²) in [6.07, 6.45) is 1.58. The van der Waals surface area contributed by atoms with Crippen LogP contribution in [0.25, 0.3) is 0 Å². The first-order chi connectivity index (χ1) is 13.5. The summed E-state index contributed by atoms with van der Waals surface area (Å²) in [7, 11) is 0. The molecular formula is C22H21Cl2N3O. The van der Waals surface area contributed by atoms with Gasteiger partial charge in [-0.05, 0) is 49.7 Å². The molecule has 28 heavy (non-hydrogen) atoms. The zero-order chi connectivity index (χ0) is 19.7. The first kappa shape index (κ1) is 19.0. The van der Waals surface area contributed by atoms with Crippen molar-refractivity contribution in [2.24, 2.45) is 0 Å². The second-order valence-electron chi connectivity index (χ2n) is 7.00. The van der Waals surface area contributed by atoms with E-state index in [1.165, 1.54) is 5.56 Å². The number of ether oxygens (including phenoxy) is 1. The molecule has 0 aliphatic carbocycles. The Kier molecular flexibility index (Phi) is 5.42. The number of halogens is 2. The maximum Gasteiger partial charge on any atom is 0.133 e. The van der Waals surface area contributed by atoms with Crippen molar-refractivity contribution in [2.45, 2.75) is 32.7 Å². The van der Waals surface area contributed by atoms with E-state index in [2.05, 4.69) is 10.3 Å². The lowest BCUT2D eigenvalue weighted by molar-refractivity contribution is 0.274. The van der Waals surface area contributed by atoms with Crippen molar-refractivity contribution >= 4 is 29.0 Å². The average molecular weight is 414 g/mol. The standard InChI is InChI=1S/C22H21Cl2N3O/c1-13-18(11-15-3-5-16(23)6-4-15)22(26-14(2)25-13)27-20-9-10-28-21-8-7-17(24)12-19(20)21/h3-8,12,20H,9-11H2,1-2H3,(H,25,26,27). The van der Waals surface area contributed by atoms with E-state index in [4.69, 9.17) is 32.9 Å². The lowest BCUT2D eigenvalue weighted by atomic mass is 9.99. The van der Waals surface area contributed by atoms with E-state index < -0.39 is 0 Å². The van der Waals surface area contributed by atoms with Gasteiger partial charge in [0.2, 0.25) is 0 Å². The van der Waals surface area contributed by atoms with Gasteiger partial charge in [-0.2, -0.15) is 0 Å². The van der Waals surface area contributed by atoms with Crippen LogP contribution in [0.15, 0.2) is 42.5 Å². The van der Waals surface area contributed by atoms with Crippen molar-refractivity contribution in [3.05, 3.63) is 80.7 Å². The van der Waals surface area contributed by atoms with Crippen LogP contribution in [-0.2, 0) is 6.42 Å². The van der Waals surface area contributed by atoms with Crippen LogP contribution >= 0.6 is 23.2 Å². The number of hydrogen-bond acceptors (Lipinski definition) is 4. The fraction of sp³-hybridized carbons (Fsp3) is 0.273. The number of fused-ring (bicyclic) bond motifs is 1. The van der Waals surface area contributed by atoms with Crippen molar-refractivity contribution in [1.29, 1.82) is 0 Å². The van der Waals surface area contributed by atoms with Crippen LogP contribution in [-0.4, -0.2) is 16.6 Å². The Labute approximate surface area is 174 Å². The molecule has 1 aliphatic rings. The van der Waals surface area contributed by atoms with E-state index in [1.54, 1.807) is 0 Å². The molecule has 2 aromatic carbocycles. The minimum Gasteiger partial charge on any atom is -0.493 e. The summed E-state index contributed by atoms with van der Waals surface area (Å²) in [5, 5.41) is 5.06. The SMILES string of the molecule is Cc1nc(C)c(Cc2ccc(Cl)cc2)c(NC2CCOc3ccc(Cl)cc32)n1. The Hall–Kier alpha value is -2.30. The zero-order valence-electron chi connectivity index (χ0n) is 15.8. The molecule has 0 spiro atoms. The molecule has 4 nitrogen and oxygen atoms in total. The summed E-state index contributed by atoms with van der Waals surface area (Å²) in [4.78, 5) is 9.29. The number of anilines is 1. The van der Waals surface area contributed by atoms with E-state index in [1.807, 2.05) is 56.3 Å². The van der Waals surface area contributed by atoms with Crippen molar-refractivity contribution in [2.75, 3.05) is 11.9 Å². The Morgan fingerprint density at radius 2 is 1.79 bits per heavy atom. The van der Waals surface area contributed by atoms with Crippen molar-refractivity contribution < 1.29 is 4.74 Å². The fourth-order valence-electron chi connectivity index (χ4n) is 3.55. The highest BCUT2D eigenvalue weighted by molar-refractivity contribution is 6.30. The highest BCUT2D eigenvalue weighted by Crippen LogP contribution is 2.36. The third-order valence-electron chi connectivity index (χ3n) is 4.94. The lowest BCUT2D eigenvalue weighted by Crippen LogP contribution is -2.22. The van der Waals surface area contributed by atoms with Gasteiger partial charge in [0.05, 0.1) is 12.6 Å². The molecule has 4 rings (SSSR count). The van der Waals surface area contributed by atoms with Crippen LogP contribution in [0.5, 0.6) is 5.75 Å². The molecule has 3 aromatic rings. The number of hydrogen-bond donors (Lipinski definition) is 1. The molecule has 1 N–H and O–H groups in total. The van der Waals surface area contributed by atoms with Crippen molar-refractivity contribution in [3.63, 3.8) is 0 Å².